The Morgan fingerprint density at radius 3 is 2.42 bits per heavy atom. The van der Waals surface area contributed by atoms with Gasteiger partial charge in [0.25, 0.3) is 0 Å². The third kappa shape index (κ3) is 4.31. The third-order valence-corrected chi connectivity index (χ3v) is 5.57. The number of fused-ring (bicyclic) bond motifs is 1. The SMILES string of the molecule is CCOC(=O)C(C)(C)C(c1ccc(Nc2ccc3ccccc3c2)cc1)n1ccnc1. The number of esters is 1. The average Bonchev–Trinajstić information content (AvgIpc) is 3.29. The molecule has 0 saturated heterocycles. The molecule has 3 aromatic carbocycles. The van der Waals surface area contributed by atoms with Crippen molar-refractivity contribution >= 4 is 28.1 Å². The molecule has 5 heteroatoms. The van der Waals surface area contributed by atoms with E-state index in [2.05, 4.69) is 52.8 Å². The van der Waals surface area contributed by atoms with Crippen molar-refractivity contribution in [3.63, 3.8) is 0 Å². The van der Waals surface area contributed by atoms with E-state index >= 15 is 0 Å². The maximum Gasteiger partial charge on any atom is 0.313 e. The molecule has 4 rings (SSSR count). The highest BCUT2D eigenvalue weighted by atomic mass is 16.5. The second-order valence-corrected chi connectivity index (χ2v) is 8.16. The molecule has 1 atom stereocenters. The summed E-state index contributed by atoms with van der Waals surface area (Å²) < 4.78 is 7.32. The molecular formula is C26H27N3O2. The predicted molar refractivity (Wildman–Crippen MR) is 124 cm³/mol. The van der Waals surface area contributed by atoms with Crippen molar-refractivity contribution in [2.24, 2.45) is 5.41 Å². The Morgan fingerprint density at radius 1 is 1.03 bits per heavy atom. The molecule has 31 heavy (non-hydrogen) atoms. The molecule has 0 aliphatic carbocycles. The van der Waals surface area contributed by atoms with Crippen molar-refractivity contribution in [1.29, 1.82) is 0 Å². The van der Waals surface area contributed by atoms with Crippen molar-refractivity contribution in [3.05, 3.63) is 91.0 Å². The molecule has 1 N–H and O–H groups in total. The van der Waals surface area contributed by atoms with Gasteiger partial charge in [0.2, 0.25) is 0 Å². The van der Waals surface area contributed by atoms with E-state index in [9.17, 15) is 4.79 Å². The number of hydrogen-bond donors (Lipinski definition) is 1. The minimum absolute atomic E-state index is 0.230. The molecule has 1 heterocycles. The second-order valence-electron chi connectivity index (χ2n) is 8.16. The lowest BCUT2D eigenvalue weighted by atomic mass is 9.80. The third-order valence-electron chi connectivity index (χ3n) is 5.57. The molecule has 0 amide bonds. The Balaban J connectivity index is 1.61. The van der Waals surface area contributed by atoms with E-state index in [1.807, 2.05) is 55.8 Å². The van der Waals surface area contributed by atoms with Gasteiger partial charge in [-0.25, -0.2) is 4.98 Å². The summed E-state index contributed by atoms with van der Waals surface area (Å²) in [6.45, 7) is 6.01. The van der Waals surface area contributed by atoms with E-state index in [0.717, 1.165) is 16.9 Å². The van der Waals surface area contributed by atoms with Crippen LogP contribution in [0.1, 0.15) is 32.4 Å². The van der Waals surface area contributed by atoms with Gasteiger partial charge in [0.1, 0.15) is 0 Å². The quantitative estimate of drug-likeness (QED) is 0.380. The molecule has 1 unspecified atom stereocenters. The van der Waals surface area contributed by atoms with Crippen molar-refractivity contribution in [1.82, 2.24) is 9.55 Å². The number of carbonyl (C=O) groups is 1. The Morgan fingerprint density at radius 2 is 1.74 bits per heavy atom. The van der Waals surface area contributed by atoms with Gasteiger partial charge in [-0.05, 0) is 61.4 Å². The number of benzene rings is 3. The van der Waals surface area contributed by atoms with Crippen LogP contribution in [-0.4, -0.2) is 22.1 Å². The van der Waals surface area contributed by atoms with Crippen molar-refractivity contribution in [3.8, 4) is 0 Å². The lowest BCUT2D eigenvalue weighted by Gasteiger charge is -2.33. The summed E-state index contributed by atoms with van der Waals surface area (Å²) in [6.07, 6.45) is 5.35. The van der Waals surface area contributed by atoms with Crippen LogP contribution in [-0.2, 0) is 9.53 Å². The lowest BCUT2D eigenvalue weighted by Crippen LogP contribution is -2.36. The molecule has 0 fully saturated rings. The van der Waals surface area contributed by atoms with Crippen LogP contribution in [0, 0.1) is 5.41 Å². The van der Waals surface area contributed by atoms with Gasteiger partial charge in [0.05, 0.1) is 24.4 Å². The number of imidazole rings is 1. The van der Waals surface area contributed by atoms with Crippen LogP contribution in [0.5, 0.6) is 0 Å². The fourth-order valence-electron chi connectivity index (χ4n) is 3.99. The molecule has 0 aliphatic rings. The smallest absolute Gasteiger partial charge is 0.313 e. The summed E-state index contributed by atoms with van der Waals surface area (Å²) in [7, 11) is 0. The normalized spacial score (nSPS) is 12.5. The second kappa shape index (κ2) is 8.64. The van der Waals surface area contributed by atoms with Crippen LogP contribution in [0.25, 0.3) is 10.8 Å². The van der Waals surface area contributed by atoms with E-state index in [1.54, 1.807) is 12.5 Å². The van der Waals surface area contributed by atoms with Gasteiger partial charge in [0, 0.05) is 23.8 Å². The molecule has 5 nitrogen and oxygen atoms in total. The van der Waals surface area contributed by atoms with Crippen LogP contribution < -0.4 is 5.32 Å². The molecule has 0 aliphatic heterocycles. The highest BCUT2D eigenvalue weighted by Crippen LogP contribution is 2.38. The van der Waals surface area contributed by atoms with Crippen LogP contribution >= 0.6 is 0 Å². The molecule has 0 saturated carbocycles. The van der Waals surface area contributed by atoms with Gasteiger partial charge in [-0.1, -0.05) is 42.5 Å². The Labute approximate surface area is 182 Å². The molecular weight excluding hydrogens is 386 g/mol. The topological polar surface area (TPSA) is 56.1 Å². The maximum atomic E-state index is 12.7. The monoisotopic (exact) mass is 413 g/mol. The number of anilines is 2. The summed E-state index contributed by atoms with van der Waals surface area (Å²) in [5.41, 5.74) is 2.27. The van der Waals surface area contributed by atoms with Crippen molar-refractivity contribution in [2.45, 2.75) is 26.8 Å². The summed E-state index contributed by atoms with van der Waals surface area (Å²) in [4.78, 5) is 16.9. The first kappa shape index (κ1) is 20.7. The predicted octanol–water partition coefficient (Wildman–Crippen LogP) is 5.96. The molecule has 158 valence electrons. The highest BCUT2D eigenvalue weighted by molar-refractivity contribution is 5.86. The molecule has 0 bridgehead atoms. The van der Waals surface area contributed by atoms with Gasteiger partial charge in [-0.15, -0.1) is 0 Å². The van der Waals surface area contributed by atoms with Crippen LogP contribution in [0.15, 0.2) is 85.5 Å². The number of ether oxygens (including phenoxy) is 1. The molecule has 1 aromatic heterocycles. The zero-order valence-electron chi connectivity index (χ0n) is 18.1. The standard InChI is InChI=1S/C26H27N3O2/c1-4-31-25(30)26(2,3)24(29-16-15-27-18-29)20-10-12-22(13-11-20)28-23-14-9-19-7-5-6-8-21(19)17-23/h5-18,24,28H,4H2,1-3H3. The minimum Gasteiger partial charge on any atom is -0.466 e. The first-order valence-electron chi connectivity index (χ1n) is 10.5. The number of aromatic nitrogens is 2. The van der Waals surface area contributed by atoms with E-state index < -0.39 is 5.41 Å². The fourth-order valence-corrected chi connectivity index (χ4v) is 3.99. The van der Waals surface area contributed by atoms with Gasteiger partial charge < -0.3 is 14.6 Å². The fraction of sp³-hybridized carbons (Fsp3) is 0.231. The largest absolute Gasteiger partial charge is 0.466 e. The zero-order chi connectivity index (χ0) is 21.8. The van der Waals surface area contributed by atoms with E-state index in [1.165, 1.54) is 10.8 Å². The highest BCUT2D eigenvalue weighted by Gasteiger charge is 2.40. The maximum absolute atomic E-state index is 12.7. The van der Waals surface area contributed by atoms with E-state index in [0.29, 0.717) is 6.61 Å². The van der Waals surface area contributed by atoms with Gasteiger partial charge in [0.15, 0.2) is 0 Å². The summed E-state index contributed by atoms with van der Waals surface area (Å²) in [5, 5.41) is 5.88. The van der Waals surface area contributed by atoms with Crippen LogP contribution in [0.4, 0.5) is 11.4 Å². The summed E-state index contributed by atoms with van der Waals surface area (Å²) in [6, 6.07) is 22.6. The van der Waals surface area contributed by atoms with Crippen molar-refractivity contribution < 1.29 is 9.53 Å². The number of hydrogen-bond acceptors (Lipinski definition) is 4. The summed E-state index contributed by atoms with van der Waals surface area (Å²) >= 11 is 0. The zero-order valence-corrected chi connectivity index (χ0v) is 18.1. The van der Waals surface area contributed by atoms with Gasteiger partial charge >= 0.3 is 5.97 Å². The van der Waals surface area contributed by atoms with E-state index in [4.69, 9.17) is 4.74 Å². The Bertz CT molecular complexity index is 1160. The first-order chi connectivity index (χ1) is 15.0. The molecule has 4 aromatic rings. The summed E-state index contributed by atoms with van der Waals surface area (Å²) in [5.74, 6) is -0.230. The Hall–Kier alpha value is -3.60. The first-order valence-corrected chi connectivity index (χ1v) is 10.5. The molecule has 0 spiro atoms. The minimum atomic E-state index is -0.760. The number of nitrogens with one attached hydrogen (secondary N) is 1. The lowest BCUT2D eigenvalue weighted by molar-refractivity contribution is -0.155. The van der Waals surface area contributed by atoms with E-state index in [-0.39, 0.29) is 12.0 Å². The van der Waals surface area contributed by atoms with Crippen LogP contribution in [0.3, 0.4) is 0 Å². The number of carbonyl (C=O) groups excluding carboxylic acids is 1. The number of nitrogens with zero attached hydrogens (tertiary/aromatic N) is 2. The van der Waals surface area contributed by atoms with Gasteiger partial charge in [-0.2, -0.15) is 0 Å². The van der Waals surface area contributed by atoms with Crippen molar-refractivity contribution in [2.75, 3.05) is 11.9 Å². The van der Waals surface area contributed by atoms with Crippen LogP contribution in [0.2, 0.25) is 0 Å². The molecule has 0 radical (unpaired) electrons. The Kier molecular flexibility index (Phi) is 5.76. The number of rotatable bonds is 7. The van der Waals surface area contributed by atoms with Gasteiger partial charge in [-0.3, -0.25) is 4.79 Å². The average molecular weight is 414 g/mol.